The lowest BCUT2D eigenvalue weighted by atomic mass is 9.94. The predicted octanol–water partition coefficient (Wildman–Crippen LogP) is 2.53. The molecule has 0 bridgehead atoms. The van der Waals surface area contributed by atoms with Gasteiger partial charge in [-0.3, -0.25) is 0 Å². The Balaban J connectivity index is 2.60. The van der Waals surface area contributed by atoms with Crippen molar-refractivity contribution < 1.29 is 5.11 Å². The van der Waals surface area contributed by atoms with Crippen molar-refractivity contribution in [3.05, 3.63) is 17.3 Å². The van der Waals surface area contributed by atoms with Gasteiger partial charge in [0.25, 0.3) is 0 Å². The number of aliphatic hydroxyl groups is 1. The van der Waals surface area contributed by atoms with E-state index < -0.39 is 5.60 Å². The average Bonchev–Trinajstić information content (AvgIpc) is 2.11. The fraction of sp³-hybridized carbons (Fsp3) is 0.583. The molecule has 0 aliphatic heterocycles. The minimum atomic E-state index is -0.771. The van der Waals surface area contributed by atoms with E-state index >= 15 is 0 Å². The Labute approximate surface area is 107 Å². The molecule has 1 rings (SSSR count). The maximum Gasteiger partial charge on any atom is 0.133 e. The Bertz CT molecular complexity index is 360. The standard InChI is InChI=1S/C12H20ClN3O/c1-8(2)6-12(3,17)7-15-11-5-9(14)4-10(13)16-11/h4-5,8,17H,6-7H2,1-3H3,(H3,14,15,16). The maximum atomic E-state index is 10.1. The van der Waals surface area contributed by atoms with Crippen molar-refractivity contribution in [1.82, 2.24) is 4.98 Å². The highest BCUT2D eigenvalue weighted by Gasteiger charge is 2.21. The zero-order valence-electron chi connectivity index (χ0n) is 10.5. The number of nitrogens with two attached hydrogens (primary N) is 1. The number of pyridine rings is 1. The number of nitrogen functional groups attached to an aromatic ring is 1. The monoisotopic (exact) mass is 257 g/mol. The second-order valence-corrected chi connectivity index (χ2v) is 5.44. The van der Waals surface area contributed by atoms with Crippen LogP contribution in [0.1, 0.15) is 27.2 Å². The van der Waals surface area contributed by atoms with Crippen molar-refractivity contribution in [2.24, 2.45) is 5.92 Å². The van der Waals surface area contributed by atoms with E-state index in [1.54, 1.807) is 19.1 Å². The summed E-state index contributed by atoms with van der Waals surface area (Å²) in [6.45, 7) is 6.36. The summed E-state index contributed by atoms with van der Waals surface area (Å²) in [5.74, 6) is 1.02. The van der Waals surface area contributed by atoms with Gasteiger partial charge < -0.3 is 16.2 Å². The van der Waals surface area contributed by atoms with Crippen LogP contribution in [0.2, 0.25) is 5.15 Å². The van der Waals surface area contributed by atoms with Crippen LogP contribution in [0.15, 0.2) is 12.1 Å². The van der Waals surface area contributed by atoms with Gasteiger partial charge >= 0.3 is 0 Å². The van der Waals surface area contributed by atoms with Crippen molar-refractivity contribution >= 4 is 23.1 Å². The highest BCUT2D eigenvalue weighted by atomic mass is 35.5. The van der Waals surface area contributed by atoms with Gasteiger partial charge in [-0.2, -0.15) is 0 Å². The number of hydrogen-bond donors (Lipinski definition) is 3. The number of aromatic nitrogens is 1. The van der Waals surface area contributed by atoms with E-state index in [0.29, 0.717) is 29.1 Å². The smallest absolute Gasteiger partial charge is 0.133 e. The number of rotatable bonds is 5. The number of nitrogens with one attached hydrogen (secondary N) is 1. The molecule has 1 aromatic rings. The molecule has 0 aliphatic carbocycles. The topological polar surface area (TPSA) is 71.2 Å². The fourth-order valence-electron chi connectivity index (χ4n) is 1.84. The lowest BCUT2D eigenvalue weighted by Gasteiger charge is -2.25. The minimum absolute atomic E-state index is 0.344. The molecule has 0 amide bonds. The van der Waals surface area contributed by atoms with E-state index in [0.717, 1.165) is 6.42 Å². The summed E-state index contributed by atoms with van der Waals surface area (Å²) in [7, 11) is 0. The third-order valence-electron chi connectivity index (χ3n) is 2.31. The van der Waals surface area contributed by atoms with Gasteiger partial charge in [-0.1, -0.05) is 25.4 Å². The average molecular weight is 258 g/mol. The van der Waals surface area contributed by atoms with Crippen molar-refractivity contribution in [1.29, 1.82) is 0 Å². The van der Waals surface area contributed by atoms with Crippen LogP contribution in [0.3, 0.4) is 0 Å². The summed E-state index contributed by atoms with van der Waals surface area (Å²) in [4.78, 5) is 4.08. The summed E-state index contributed by atoms with van der Waals surface area (Å²) in [5, 5.41) is 13.5. The van der Waals surface area contributed by atoms with Crippen molar-refractivity contribution in [3.63, 3.8) is 0 Å². The van der Waals surface area contributed by atoms with Gasteiger partial charge in [-0.25, -0.2) is 4.98 Å². The second-order valence-electron chi connectivity index (χ2n) is 5.06. The Hall–Kier alpha value is -1.00. The molecule has 0 radical (unpaired) electrons. The summed E-state index contributed by atoms with van der Waals surface area (Å²) in [5.41, 5.74) is 5.43. The van der Waals surface area contributed by atoms with Crippen LogP contribution in [0.4, 0.5) is 11.5 Å². The molecule has 4 nitrogen and oxygen atoms in total. The van der Waals surface area contributed by atoms with Gasteiger partial charge in [-0.15, -0.1) is 0 Å². The van der Waals surface area contributed by atoms with Gasteiger partial charge in [0.2, 0.25) is 0 Å². The van der Waals surface area contributed by atoms with E-state index in [-0.39, 0.29) is 0 Å². The van der Waals surface area contributed by atoms with Gasteiger partial charge in [0, 0.05) is 18.3 Å². The first-order valence-corrected chi connectivity index (χ1v) is 6.05. The zero-order chi connectivity index (χ0) is 13.1. The summed E-state index contributed by atoms with van der Waals surface area (Å²) >= 11 is 5.79. The van der Waals surface area contributed by atoms with Crippen molar-refractivity contribution in [2.75, 3.05) is 17.6 Å². The Morgan fingerprint density at radius 3 is 2.71 bits per heavy atom. The molecule has 4 N–H and O–H groups in total. The third kappa shape index (κ3) is 5.24. The highest BCUT2D eigenvalue weighted by molar-refractivity contribution is 6.29. The van der Waals surface area contributed by atoms with Crippen molar-refractivity contribution in [3.8, 4) is 0 Å². The molecule has 0 saturated heterocycles. The van der Waals surface area contributed by atoms with E-state index in [4.69, 9.17) is 17.3 Å². The zero-order valence-corrected chi connectivity index (χ0v) is 11.3. The fourth-order valence-corrected chi connectivity index (χ4v) is 2.06. The lowest BCUT2D eigenvalue weighted by molar-refractivity contribution is 0.0515. The predicted molar refractivity (Wildman–Crippen MR) is 72.2 cm³/mol. The van der Waals surface area contributed by atoms with Crippen LogP contribution in [-0.4, -0.2) is 22.2 Å². The minimum Gasteiger partial charge on any atom is -0.399 e. The van der Waals surface area contributed by atoms with Crippen molar-refractivity contribution in [2.45, 2.75) is 32.8 Å². The van der Waals surface area contributed by atoms with E-state index in [9.17, 15) is 5.11 Å². The molecule has 96 valence electrons. The van der Waals surface area contributed by atoms with Crippen LogP contribution in [0.5, 0.6) is 0 Å². The van der Waals surface area contributed by atoms with E-state index in [1.165, 1.54) is 0 Å². The van der Waals surface area contributed by atoms with E-state index in [1.807, 2.05) is 0 Å². The van der Waals surface area contributed by atoms with E-state index in [2.05, 4.69) is 24.1 Å². The molecule has 1 unspecified atom stereocenters. The number of nitrogens with zero attached hydrogens (tertiary/aromatic N) is 1. The Morgan fingerprint density at radius 2 is 2.18 bits per heavy atom. The summed E-state index contributed by atoms with van der Waals surface area (Å²) in [6, 6.07) is 3.27. The van der Waals surface area contributed by atoms with Crippen LogP contribution in [-0.2, 0) is 0 Å². The molecule has 5 heteroatoms. The molecule has 1 heterocycles. The normalized spacial score (nSPS) is 14.7. The largest absolute Gasteiger partial charge is 0.399 e. The second kappa shape index (κ2) is 5.56. The van der Waals surface area contributed by atoms with Crippen LogP contribution in [0.25, 0.3) is 0 Å². The van der Waals surface area contributed by atoms with Crippen LogP contribution in [0, 0.1) is 5.92 Å². The highest BCUT2D eigenvalue weighted by Crippen LogP contribution is 2.19. The molecule has 17 heavy (non-hydrogen) atoms. The lowest BCUT2D eigenvalue weighted by Crippen LogP contribution is -2.35. The van der Waals surface area contributed by atoms with Gasteiger partial charge in [0.1, 0.15) is 11.0 Å². The van der Waals surface area contributed by atoms with Gasteiger partial charge in [0.05, 0.1) is 5.60 Å². The first kappa shape index (κ1) is 14.1. The first-order chi connectivity index (χ1) is 7.78. The number of anilines is 2. The quantitative estimate of drug-likeness (QED) is 0.709. The molecular formula is C12H20ClN3O. The van der Waals surface area contributed by atoms with Crippen LogP contribution >= 0.6 is 11.6 Å². The summed E-state index contributed by atoms with van der Waals surface area (Å²) < 4.78 is 0. The molecule has 0 saturated carbocycles. The molecule has 0 aromatic carbocycles. The summed E-state index contributed by atoms with van der Waals surface area (Å²) in [6.07, 6.45) is 0.718. The number of hydrogen-bond acceptors (Lipinski definition) is 4. The molecule has 0 aliphatic rings. The number of halogens is 1. The molecule has 1 aromatic heterocycles. The third-order valence-corrected chi connectivity index (χ3v) is 2.51. The first-order valence-electron chi connectivity index (χ1n) is 5.68. The SMILES string of the molecule is CC(C)CC(C)(O)CNc1cc(N)cc(Cl)n1. The van der Waals surface area contributed by atoms with Crippen LogP contribution < -0.4 is 11.1 Å². The van der Waals surface area contributed by atoms with Gasteiger partial charge in [0.15, 0.2) is 0 Å². The Morgan fingerprint density at radius 1 is 1.53 bits per heavy atom. The molecule has 0 fully saturated rings. The maximum absolute atomic E-state index is 10.1. The molecule has 1 atom stereocenters. The molecular weight excluding hydrogens is 238 g/mol. The Kier molecular flexibility index (Phi) is 4.60. The van der Waals surface area contributed by atoms with Gasteiger partial charge in [-0.05, 0) is 25.3 Å². The molecule has 0 spiro atoms.